The molecular formula is C17H26N2O. The third-order valence-electron chi connectivity index (χ3n) is 4.37. The van der Waals surface area contributed by atoms with E-state index in [1.54, 1.807) is 11.8 Å². The normalized spacial score (nSPS) is 21.4. The highest BCUT2D eigenvalue weighted by molar-refractivity contribution is 5.72. The molecule has 1 aliphatic rings. The van der Waals surface area contributed by atoms with Gasteiger partial charge in [-0.3, -0.25) is 4.79 Å². The first-order valence-electron chi connectivity index (χ1n) is 7.53. The Kier molecular flexibility index (Phi) is 4.69. The van der Waals surface area contributed by atoms with E-state index >= 15 is 0 Å². The van der Waals surface area contributed by atoms with Crippen molar-refractivity contribution in [2.75, 3.05) is 12.4 Å². The lowest BCUT2D eigenvalue weighted by Gasteiger charge is -2.39. The zero-order valence-corrected chi connectivity index (χ0v) is 13.0. The van der Waals surface area contributed by atoms with E-state index in [9.17, 15) is 4.79 Å². The second-order valence-corrected chi connectivity index (χ2v) is 6.39. The van der Waals surface area contributed by atoms with Crippen molar-refractivity contribution in [1.82, 2.24) is 4.90 Å². The molecule has 0 unspecified atom stereocenters. The van der Waals surface area contributed by atoms with Crippen molar-refractivity contribution in [2.24, 2.45) is 11.8 Å². The Morgan fingerprint density at radius 2 is 2.10 bits per heavy atom. The summed E-state index contributed by atoms with van der Waals surface area (Å²) < 4.78 is 0. The minimum Gasteiger partial charge on any atom is -0.382 e. The van der Waals surface area contributed by atoms with E-state index < -0.39 is 0 Å². The number of hydrogen-bond acceptors (Lipinski definition) is 2. The number of hydrogen-bond donors (Lipinski definition) is 1. The van der Waals surface area contributed by atoms with Crippen LogP contribution in [0, 0.1) is 11.8 Å². The fraction of sp³-hybridized carbons (Fsp3) is 0.588. The van der Waals surface area contributed by atoms with E-state index in [4.69, 9.17) is 0 Å². The molecule has 0 aromatic heterocycles. The van der Waals surface area contributed by atoms with Gasteiger partial charge in [-0.1, -0.05) is 26.0 Å². The molecule has 1 fully saturated rings. The Hall–Kier alpha value is -1.51. The van der Waals surface area contributed by atoms with Crippen LogP contribution in [0.1, 0.15) is 39.2 Å². The van der Waals surface area contributed by atoms with E-state index in [1.807, 2.05) is 7.05 Å². The monoisotopic (exact) mass is 274 g/mol. The fourth-order valence-corrected chi connectivity index (χ4v) is 2.70. The summed E-state index contributed by atoms with van der Waals surface area (Å²) in [6, 6.07) is 9.01. The van der Waals surface area contributed by atoms with Gasteiger partial charge in [-0.2, -0.15) is 0 Å². The van der Waals surface area contributed by atoms with Gasteiger partial charge < -0.3 is 10.2 Å². The Bertz CT molecular complexity index is 464. The van der Waals surface area contributed by atoms with Crippen LogP contribution in [-0.4, -0.2) is 23.9 Å². The Morgan fingerprint density at radius 3 is 2.70 bits per heavy atom. The summed E-state index contributed by atoms with van der Waals surface area (Å²) >= 11 is 0. The summed E-state index contributed by atoms with van der Waals surface area (Å²) in [6.45, 7) is 6.88. The maximum atomic E-state index is 11.3. The van der Waals surface area contributed by atoms with Crippen LogP contribution in [0.4, 0.5) is 5.69 Å². The number of nitrogens with one attached hydrogen (secondary N) is 1. The van der Waals surface area contributed by atoms with Gasteiger partial charge >= 0.3 is 0 Å². The number of anilines is 1. The third kappa shape index (κ3) is 3.75. The fourth-order valence-electron chi connectivity index (χ4n) is 2.70. The van der Waals surface area contributed by atoms with Gasteiger partial charge in [-0.05, 0) is 42.4 Å². The average Bonchev–Trinajstić information content (AvgIpc) is 2.33. The van der Waals surface area contributed by atoms with Crippen LogP contribution < -0.4 is 5.32 Å². The highest BCUT2D eigenvalue weighted by Crippen LogP contribution is 2.35. The predicted octanol–water partition coefficient (Wildman–Crippen LogP) is 3.51. The van der Waals surface area contributed by atoms with Crippen molar-refractivity contribution in [1.29, 1.82) is 0 Å². The van der Waals surface area contributed by atoms with Crippen LogP contribution in [0.3, 0.4) is 0 Å². The molecule has 20 heavy (non-hydrogen) atoms. The molecule has 3 heteroatoms. The quantitative estimate of drug-likeness (QED) is 0.891. The number of carbonyl (C=O) groups excluding carboxylic acids is 1. The molecule has 0 saturated heterocycles. The van der Waals surface area contributed by atoms with Gasteiger partial charge in [0.25, 0.3) is 0 Å². The third-order valence-corrected chi connectivity index (χ3v) is 4.37. The van der Waals surface area contributed by atoms with Gasteiger partial charge in [0.2, 0.25) is 5.91 Å². The minimum atomic E-state index is 0.0992. The van der Waals surface area contributed by atoms with E-state index in [2.05, 4.69) is 43.4 Å². The first-order chi connectivity index (χ1) is 9.45. The number of amides is 1. The van der Waals surface area contributed by atoms with Crippen LogP contribution in [0.5, 0.6) is 0 Å². The van der Waals surface area contributed by atoms with Gasteiger partial charge in [0, 0.05) is 32.2 Å². The van der Waals surface area contributed by atoms with E-state index in [1.165, 1.54) is 24.1 Å². The van der Waals surface area contributed by atoms with Crippen molar-refractivity contribution in [3.63, 3.8) is 0 Å². The number of rotatable bonds is 5. The molecule has 2 rings (SSSR count). The summed E-state index contributed by atoms with van der Waals surface area (Å²) in [4.78, 5) is 13.0. The molecule has 0 radical (unpaired) electrons. The number of benzene rings is 1. The summed E-state index contributed by atoms with van der Waals surface area (Å²) in [6.07, 6.45) is 2.55. The zero-order valence-electron chi connectivity index (χ0n) is 13.0. The highest BCUT2D eigenvalue weighted by atomic mass is 16.2. The van der Waals surface area contributed by atoms with Crippen molar-refractivity contribution >= 4 is 11.6 Å². The molecule has 0 heterocycles. The van der Waals surface area contributed by atoms with Crippen molar-refractivity contribution in [3.05, 3.63) is 29.8 Å². The molecule has 1 amide bonds. The lowest BCUT2D eigenvalue weighted by Crippen LogP contribution is -2.37. The van der Waals surface area contributed by atoms with Gasteiger partial charge in [-0.25, -0.2) is 0 Å². The Balaban J connectivity index is 1.89. The molecule has 1 N–H and O–H groups in total. The van der Waals surface area contributed by atoms with E-state index in [0.717, 1.165) is 11.8 Å². The van der Waals surface area contributed by atoms with Gasteiger partial charge in [0.05, 0.1) is 0 Å². The highest BCUT2D eigenvalue weighted by Gasteiger charge is 2.30. The van der Waals surface area contributed by atoms with E-state index in [-0.39, 0.29) is 5.91 Å². The molecule has 1 aromatic carbocycles. The SMILES string of the molecule is CC(=O)N(C)Cc1cccc(NC2CC(C(C)C)C2)c1. The van der Waals surface area contributed by atoms with Gasteiger partial charge in [0.1, 0.15) is 0 Å². The molecular weight excluding hydrogens is 248 g/mol. The molecule has 0 atom stereocenters. The summed E-state index contributed by atoms with van der Waals surface area (Å²) in [5.41, 5.74) is 2.35. The van der Waals surface area contributed by atoms with E-state index in [0.29, 0.717) is 12.6 Å². The van der Waals surface area contributed by atoms with Crippen molar-refractivity contribution in [3.8, 4) is 0 Å². The molecule has 3 nitrogen and oxygen atoms in total. The first-order valence-corrected chi connectivity index (χ1v) is 7.53. The Morgan fingerprint density at radius 1 is 1.40 bits per heavy atom. The lowest BCUT2D eigenvalue weighted by atomic mass is 9.73. The maximum absolute atomic E-state index is 11.3. The first kappa shape index (κ1) is 14.9. The molecule has 1 aromatic rings. The van der Waals surface area contributed by atoms with Gasteiger partial charge in [0.15, 0.2) is 0 Å². The average molecular weight is 274 g/mol. The van der Waals surface area contributed by atoms with Crippen LogP contribution in [0.25, 0.3) is 0 Å². The summed E-state index contributed by atoms with van der Waals surface area (Å²) in [5, 5.41) is 3.60. The summed E-state index contributed by atoms with van der Waals surface area (Å²) in [5.74, 6) is 1.77. The molecule has 110 valence electrons. The van der Waals surface area contributed by atoms with Crippen molar-refractivity contribution < 1.29 is 4.79 Å². The van der Waals surface area contributed by atoms with Gasteiger partial charge in [-0.15, -0.1) is 0 Å². The molecule has 0 aliphatic heterocycles. The van der Waals surface area contributed by atoms with Crippen LogP contribution in [0.2, 0.25) is 0 Å². The second-order valence-electron chi connectivity index (χ2n) is 6.39. The standard InChI is InChI=1S/C17H26N2O/c1-12(2)15-9-17(10-15)18-16-7-5-6-14(8-16)11-19(4)13(3)20/h5-8,12,15,17-18H,9-11H2,1-4H3. The Labute approximate surface area is 122 Å². The largest absolute Gasteiger partial charge is 0.382 e. The van der Waals surface area contributed by atoms with Crippen molar-refractivity contribution in [2.45, 2.75) is 46.2 Å². The molecule has 0 bridgehead atoms. The number of nitrogens with zero attached hydrogens (tertiary/aromatic N) is 1. The lowest BCUT2D eigenvalue weighted by molar-refractivity contribution is -0.128. The zero-order chi connectivity index (χ0) is 14.7. The topological polar surface area (TPSA) is 32.3 Å². The predicted molar refractivity (Wildman–Crippen MR) is 83.6 cm³/mol. The molecule has 1 saturated carbocycles. The smallest absolute Gasteiger partial charge is 0.219 e. The number of carbonyl (C=O) groups is 1. The summed E-state index contributed by atoms with van der Waals surface area (Å²) in [7, 11) is 1.83. The maximum Gasteiger partial charge on any atom is 0.219 e. The molecule has 1 aliphatic carbocycles. The second kappa shape index (κ2) is 6.29. The molecule has 0 spiro atoms. The minimum absolute atomic E-state index is 0.0992. The van der Waals surface area contributed by atoms with Crippen LogP contribution in [-0.2, 0) is 11.3 Å². The van der Waals surface area contributed by atoms with Crippen LogP contribution >= 0.6 is 0 Å². The van der Waals surface area contributed by atoms with Crippen LogP contribution in [0.15, 0.2) is 24.3 Å².